The number of nitrogens with zero attached hydrogens (tertiary/aromatic N) is 1. The molecule has 0 aromatic heterocycles. The normalized spacial score (nSPS) is 18.8. The minimum absolute atomic E-state index is 0.0261. The van der Waals surface area contributed by atoms with Crippen LogP contribution in [-0.4, -0.2) is 37.8 Å². The smallest absolute Gasteiger partial charge is 0.120 e. The van der Waals surface area contributed by atoms with Crippen LogP contribution >= 0.6 is 11.6 Å². The molecule has 1 aromatic carbocycles. The van der Waals surface area contributed by atoms with E-state index in [4.69, 9.17) is 16.3 Å². The number of methoxy groups -OCH3 is 1. The summed E-state index contributed by atoms with van der Waals surface area (Å²) in [6.07, 6.45) is 2.10. The summed E-state index contributed by atoms with van der Waals surface area (Å²) in [5, 5.41) is 10.3. The molecule has 1 aliphatic carbocycles. The van der Waals surface area contributed by atoms with E-state index in [0.29, 0.717) is 5.02 Å². The van der Waals surface area contributed by atoms with Crippen LogP contribution in [0.4, 0.5) is 0 Å². The first-order valence-corrected chi connectivity index (χ1v) is 6.52. The standard InChI is InChI=1S/C14H20ClNO2/c1-16(2)13(14(9-17)6-7-14)11-5-4-10(18-3)8-12(11)15/h4-5,8,13,17H,6-7,9H2,1-3H3. The van der Waals surface area contributed by atoms with Gasteiger partial charge in [0.15, 0.2) is 0 Å². The molecule has 3 nitrogen and oxygen atoms in total. The number of halogens is 1. The van der Waals surface area contributed by atoms with Crippen LogP contribution < -0.4 is 4.74 Å². The second-order valence-corrected chi connectivity index (χ2v) is 5.68. The molecule has 1 saturated carbocycles. The van der Waals surface area contributed by atoms with E-state index in [9.17, 15) is 5.11 Å². The van der Waals surface area contributed by atoms with E-state index in [1.165, 1.54) is 0 Å². The lowest BCUT2D eigenvalue weighted by atomic mass is 9.89. The lowest BCUT2D eigenvalue weighted by Gasteiger charge is -2.32. The van der Waals surface area contributed by atoms with Gasteiger partial charge in [0.2, 0.25) is 0 Å². The summed E-state index contributed by atoms with van der Waals surface area (Å²) < 4.78 is 5.17. The van der Waals surface area contributed by atoms with E-state index in [2.05, 4.69) is 4.90 Å². The summed E-state index contributed by atoms with van der Waals surface area (Å²) in [7, 11) is 5.69. The van der Waals surface area contributed by atoms with Crippen LogP contribution in [0.3, 0.4) is 0 Å². The molecule has 0 amide bonds. The van der Waals surface area contributed by atoms with Crippen LogP contribution in [0, 0.1) is 5.41 Å². The lowest BCUT2D eigenvalue weighted by molar-refractivity contribution is 0.115. The number of aliphatic hydroxyl groups is 1. The van der Waals surface area contributed by atoms with Gasteiger partial charge in [0.25, 0.3) is 0 Å². The fourth-order valence-corrected chi connectivity index (χ4v) is 2.96. The predicted molar refractivity (Wildman–Crippen MR) is 73.2 cm³/mol. The maximum atomic E-state index is 9.63. The number of benzene rings is 1. The van der Waals surface area contributed by atoms with E-state index < -0.39 is 0 Å². The molecule has 4 heteroatoms. The molecule has 2 rings (SSSR count). The first kappa shape index (κ1) is 13.7. The summed E-state index contributed by atoms with van der Waals surface area (Å²) in [6, 6.07) is 5.91. The molecule has 1 unspecified atom stereocenters. The van der Waals surface area contributed by atoms with Gasteiger partial charge in [-0.3, -0.25) is 0 Å². The fraction of sp³-hybridized carbons (Fsp3) is 0.571. The summed E-state index contributed by atoms with van der Waals surface area (Å²) in [5.74, 6) is 0.759. The minimum atomic E-state index is -0.0261. The molecule has 0 heterocycles. The highest BCUT2D eigenvalue weighted by Crippen LogP contribution is 2.57. The molecule has 0 spiro atoms. The van der Waals surface area contributed by atoms with Crippen molar-refractivity contribution in [3.8, 4) is 5.75 Å². The number of rotatable bonds is 5. The Morgan fingerprint density at radius 1 is 1.44 bits per heavy atom. The monoisotopic (exact) mass is 269 g/mol. The Labute approximate surface area is 113 Å². The second kappa shape index (κ2) is 5.08. The molecule has 0 radical (unpaired) electrons. The topological polar surface area (TPSA) is 32.7 Å². The van der Waals surface area contributed by atoms with Crippen molar-refractivity contribution in [2.24, 2.45) is 5.41 Å². The van der Waals surface area contributed by atoms with Crippen LogP contribution in [0.1, 0.15) is 24.4 Å². The van der Waals surface area contributed by atoms with E-state index in [0.717, 1.165) is 24.2 Å². The molecule has 0 saturated heterocycles. The van der Waals surface area contributed by atoms with Crippen molar-refractivity contribution >= 4 is 11.6 Å². The Balaban J connectivity index is 2.38. The molecule has 18 heavy (non-hydrogen) atoms. The summed E-state index contributed by atoms with van der Waals surface area (Å²) >= 11 is 6.35. The zero-order valence-electron chi connectivity index (χ0n) is 11.1. The maximum absolute atomic E-state index is 9.63. The third-order valence-corrected chi connectivity index (χ3v) is 4.13. The summed E-state index contributed by atoms with van der Waals surface area (Å²) in [5.41, 5.74) is 1.04. The van der Waals surface area contributed by atoms with Crippen molar-refractivity contribution < 1.29 is 9.84 Å². The summed E-state index contributed by atoms with van der Waals surface area (Å²) in [6.45, 7) is 0.207. The van der Waals surface area contributed by atoms with Gasteiger partial charge in [-0.15, -0.1) is 0 Å². The molecule has 0 bridgehead atoms. The van der Waals surface area contributed by atoms with Gasteiger partial charge in [0.05, 0.1) is 13.7 Å². The number of hydrogen-bond acceptors (Lipinski definition) is 3. The van der Waals surface area contributed by atoms with Crippen LogP contribution in [0.2, 0.25) is 5.02 Å². The van der Waals surface area contributed by atoms with Gasteiger partial charge in [0.1, 0.15) is 5.75 Å². The Bertz CT molecular complexity index is 430. The van der Waals surface area contributed by atoms with Gasteiger partial charge >= 0.3 is 0 Å². The molecule has 1 N–H and O–H groups in total. The van der Waals surface area contributed by atoms with Crippen LogP contribution in [0.25, 0.3) is 0 Å². The molecule has 0 aliphatic heterocycles. The Morgan fingerprint density at radius 3 is 2.50 bits per heavy atom. The van der Waals surface area contributed by atoms with Crippen molar-refractivity contribution in [1.29, 1.82) is 0 Å². The molecular weight excluding hydrogens is 250 g/mol. The average Bonchev–Trinajstić information content (AvgIpc) is 3.12. The molecule has 100 valence electrons. The Morgan fingerprint density at radius 2 is 2.11 bits per heavy atom. The fourth-order valence-electron chi connectivity index (χ4n) is 2.69. The van der Waals surface area contributed by atoms with Crippen LogP contribution in [0.15, 0.2) is 18.2 Å². The van der Waals surface area contributed by atoms with Crippen molar-refractivity contribution in [3.63, 3.8) is 0 Å². The summed E-state index contributed by atoms with van der Waals surface area (Å²) in [4.78, 5) is 2.14. The van der Waals surface area contributed by atoms with E-state index in [1.807, 2.05) is 32.3 Å². The van der Waals surface area contributed by atoms with Gasteiger partial charge in [-0.05, 0) is 44.6 Å². The van der Waals surface area contributed by atoms with Crippen molar-refractivity contribution in [3.05, 3.63) is 28.8 Å². The number of ether oxygens (including phenoxy) is 1. The van der Waals surface area contributed by atoms with Crippen LogP contribution in [0.5, 0.6) is 5.75 Å². The lowest BCUT2D eigenvalue weighted by Crippen LogP contribution is -2.31. The highest BCUT2D eigenvalue weighted by atomic mass is 35.5. The van der Waals surface area contributed by atoms with Crippen molar-refractivity contribution in [1.82, 2.24) is 4.90 Å². The average molecular weight is 270 g/mol. The largest absolute Gasteiger partial charge is 0.497 e. The van der Waals surface area contributed by atoms with E-state index in [1.54, 1.807) is 7.11 Å². The molecular formula is C14H20ClNO2. The van der Waals surface area contributed by atoms with Gasteiger partial charge in [0, 0.05) is 16.5 Å². The SMILES string of the molecule is COc1ccc(C(N(C)C)C2(CO)CC2)c(Cl)c1. The quantitative estimate of drug-likeness (QED) is 0.892. The number of aliphatic hydroxyl groups excluding tert-OH is 1. The Kier molecular flexibility index (Phi) is 3.85. The van der Waals surface area contributed by atoms with Crippen LogP contribution in [-0.2, 0) is 0 Å². The third kappa shape index (κ3) is 2.35. The van der Waals surface area contributed by atoms with Crippen molar-refractivity contribution in [2.75, 3.05) is 27.8 Å². The van der Waals surface area contributed by atoms with Crippen molar-refractivity contribution in [2.45, 2.75) is 18.9 Å². The Hall–Kier alpha value is -0.770. The molecule has 1 aromatic rings. The predicted octanol–water partition coefficient (Wildman–Crippen LogP) is 2.72. The van der Waals surface area contributed by atoms with Gasteiger partial charge in [-0.2, -0.15) is 0 Å². The number of hydrogen-bond donors (Lipinski definition) is 1. The minimum Gasteiger partial charge on any atom is -0.497 e. The maximum Gasteiger partial charge on any atom is 0.120 e. The zero-order chi connectivity index (χ0) is 13.3. The first-order valence-electron chi connectivity index (χ1n) is 6.15. The van der Waals surface area contributed by atoms with E-state index in [-0.39, 0.29) is 18.1 Å². The van der Waals surface area contributed by atoms with E-state index >= 15 is 0 Å². The highest BCUT2D eigenvalue weighted by Gasteiger charge is 2.50. The zero-order valence-corrected chi connectivity index (χ0v) is 11.9. The molecule has 1 fully saturated rings. The first-order chi connectivity index (χ1) is 8.54. The van der Waals surface area contributed by atoms with Gasteiger partial charge in [-0.25, -0.2) is 0 Å². The third-order valence-electron chi connectivity index (χ3n) is 3.81. The van der Waals surface area contributed by atoms with Gasteiger partial charge < -0.3 is 14.7 Å². The molecule has 1 atom stereocenters. The van der Waals surface area contributed by atoms with Gasteiger partial charge in [-0.1, -0.05) is 17.7 Å². The molecule has 1 aliphatic rings. The highest BCUT2D eigenvalue weighted by molar-refractivity contribution is 6.31. The second-order valence-electron chi connectivity index (χ2n) is 5.27.